The molecule has 0 amide bonds. The van der Waals surface area contributed by atoms with E-state index in [1.165, 1.54) is 33.4 Å². The molecular formula is C27H33NO2. The Bertz CT molecular complexity index is 952. The third kappa shape index (κ3) is 5.43. The topological polar surface area (TPSA) is 41.5 Å². The fourth-order valence-corrected chi connectivity index (χ4v) is 4.09. The molecule has 3 atom stereocenters. The molecule has 2 aromatic carbocycles. The number of rotatable bonds is 7. The van der Waals surface area contributed by atoms with Crippen LogP contribution in [0.25, 0.3) is 5.57 Å². The van der Waals surface area contributed by atoms with E-state index in [1.807, 2.05) is 13.0 Å². The largest absolute Gasteiger partial charge is 0.513 e. The van der Waals surface area contributed by atoms with Crippen molar-refractivity contribution in [3.8, 4) is 0 Å². The first kappa shape index (κ1) is 21.9. The van der Waals surface area contributed by atoms with Crippen molar-refractivity contribution in [3.63, 3.8) is 0 Å². The van der Waals surface area contributed by atoms with Crippen LogP contribution in [0.3, 0.4) is 0 Å². The average Bonchev–Trinajstić information content (AvgIpc) is 2.72. The summed E-state index contributed by atoms with van der Waals surface area (Å²) >= 11 is 0. The van der Waals surface area contributed by atoms with Crippen LogP contribution >= 0.6 is 0 Å². The van der Waals surface area contributed by atoms with Gasteiger partial charge in [-0.1, -0.05) is 67.1 Å². The highest BCUT2D eigenvalue weighted by atomic mass is 16.5. The van der Waals surface area contributed by atoms with E-state index >= 15 is 0 Å². The van der Waals surface area contributed by atoms with E-state index in [9.17, 15) is 5.11 Å². The molecule has 0 saturated heterocycles. The average molecular weight is 404 g/mol. The second-order valence-corrected chi connectivity index (χ2v) is 8.30. The first-order valence-corrected chi connectivity index (χ1v) is 10.6. The Balaban J connectivity index is 1.81. The van der Waals surface area contributed by atoms with Gasteiger partial charge in [0.1, 0.15) is 0 Å². The van der Waals surface area contributed by atoms with Gasteiger partial charge in [0, 0.05) is 12.1 Å². The molecule has 3 rings (SSSR count). The van der Waals surface area contributed by atoms with Gasteiger partial charge in [-0.15, -0.1) is 0 Å². The summed E-state index contributed by atoms with van der Waals surface area (Å²) in [5.41, 5.74) is 7.58. The van der Waals surface area contributed by atoms with E-state index in [0.717, 1.165) is 0 Å². The monoisotopic (exact) mass is 403 g/mol. The van der Waals surface area contributed by atoms with Crippen molar-refractivity contribution in [2.24, 2.45) is 0 Å². The number of aryl methyl sites for hydroxylation is 2. The van der Waals surface area contributed by atoms with Crippen LogP contribution in [-0.2, 0) is 4.74 Å². The van der Waals surface area contributed by atoms with Gasteiger partial charge in [0.25, 0.3) is 0 Å². The summed E-state index contributed by atoms with van der Waals surface area (Å²) in [6.07, 6.45) is 8.18. The van der Waals surface area contributed by atoms with Gasteiger partial charge in [-0.3, -0.25) is 0 Å². The van der Waals surface area contributed by atoms with Crippen LogP contribution < -0.4 is 5.32 Å². The van der Waals surface area contributed by atoms with Crippen LogP contribution in [0, 0.1) is 13.8 Å². The number of dihydropyridines is 1. The van der Waals surface area contributed by atoms with E-state index in [0.29, 0.717) is 12.4 Å². The van der Waals surface area contributed by atoms with Crippen LogP contribution in [0.1, 0.15) is 60.5 Å². The molecule has 1 aliphatic heterocycles. The molecule has 3 nitrogen and oxygen atoms in total. The lowest BCUT2D eigenvalue weighted by Crippen LogP contribution is -2.21. The maximum absolute atomic E-state index is 9.46. The number of benzene rings is 2. The zero-order valence-corrected chi connectivity index (χ0v) is 18.6. The molecule has 0 radical (unpaired) electrons. The van der Waals surface area contributed by atoms with Gasteiger partial charge in [0.15, 0.2) is 0 Å². The predicted octanol–water partition coefficient (Wildman–Crippen LogP) is 6.52. The summed E-state index contributed by atoms with van der Waals surface area (Å²) in [7, 11) is 0. The van der Waals surface area contributed by atoms with Gasteiger partial charge >= 0.3 is 0 Å². The van der Waals surface area contributed by atoms with Crippen molar-refractivity contribution in [2.75, 3.05) is 6.61 Å². The summed E-state index contributed by atoms with van der Waals surface area (Å²) in [6.45, 7) is 10.8. The van der Waals surface area contributed by atoms with Crippen molar-refractivity contribution in [3.05, 3.63) is 100 Å². The maximum Gasteiger partial charge on any atom is 0.0877 e. The molecule has 30 heavy (non-hydrogen) atoms. The van der Waals surface area contributed by atoms with Gasteiger partial charge in [-0.05, 0) is 61.6 Å². The normalized spacial score (nSPS) is 18.5. The number of hydrogen-bond acceptors (Lipinski definition) is 3. The van der Waals surface area contributed by atoms with Crippen molar-refractivity contribution in [2.45, 2.75) is 52.7 Å². The molecule has 2 unspecified atom stereocenters. The molecule has 2 aromatic rings. The van der Waals surface area contributed by atoms with Crippen molar-refractivity contribution < 1.29 is 9.84 Å². The lowest BCUT2D eigenvalue weighted by molar-refractivity contribution is 0.0857. The smallest absolute Gasteiger partial charge is 0.0877 e. The minimum Gasteiger partial charge on any atom is -0.513 e. The Morgan fingerprint density at radius 2 is 1.90 bits per heavy atom. The van der Waals surface area contributed by atoms with Crippen LogP contribution in [0.4, 0.5) is 0 Å². The molecule has 158 valence electrons. The standard InChI is InChI=1S/C27H33NO2/c1-18-13-19(2)27(25(14-18)20(3)17-30-22(5)15-21(4)29)26-12-11-24(16-28-26)23-9-7-6-8-10-23/h6-16,20,22,26,28-29H,17H2,1-5H3/b21-15-/t20-,22?,26?/m1/s1. The zero-order valence-electron chi connectivity index (χ0n) is 18.6. The van der Waals surface area contributed by atoms with E-state index in [1.54, 1.807) is 13.0 Å². The fourth-order valence-electron chi connectivity index (χ4n) is 4.09. The van der Waals surface area contributed by atoms with Gasteiger partial charge in [0.2, 0.25) is 0 Å². The Morgan fingerprint density at radius 1 is 1.17 bits per heavy atom. The second kappa shape index (κ2) is 9.82. The summed E-state index contributed by atoms with van der Waals surface area (Å²) in [6, 6.07) is 15.1. The molecular weight excluding hydrogens is 370 g/mol. The van der Waals surface area contributed by atoms with E-state index in [4.69, 9.17) is 4.74 Å². The molecule has 3 heteroatoms. The highest BCUT2D eigenvalue weighted by Gasteiger charge is 2.21. The van der Waals surface area contributed by atoms with Crippen LogP contribution in [0.5, 0.6) is 0 Å². The first-order chi connectivity index (χ1) is 14.3. The quantitative estimate of drug-likeness (QED) is 0.517. The Kier molecular flexibility index (Phi) is 7.17. The molecule has 0 bridgehead atoms. The van der Waals surface area contributed by atoms with Gasteiger partial charge in [-0.25, -0.2) is 0 Å². The number of aliphatic hydroxyl groups excluding tert-OH is 1. The van der Waals surface area contributed by atoms with Crippen LogP contribution in [-0.4, -0.2) is 17.8 Å². The van der Waals surface area contributed by atoms with Crippen molar-refractivity contribution in [1.82, 2.24) is 5.32 Å². The SMILES string of the molecule is C/C(O)=C/C(C)OC[C@@H](C)c1cc(C)cc(C)c1C1C=CC(c2ccccc2)=CN1. The molecule has 0 spiro atoms. The third-order valence-corrected chi connectivity index (χ3v) is 5.48. The van der Waals surface area contributed by atoms with Crippen LogP contribution in [0.15, 0.2) is 72.7 Å². The third-order valence-electron chi connectivity index (χ3n) is 5.48. The second-order valence-electron chi connectivity index (χ2n) is 8.30. The number of aliphatic hydroxyl groups is 1. The van der Waals surface area contributed by atoms with E-state index in [2.05, 4.69) is 80.8 Å². The maximum atomic E-state index is 9.46. The lowest BCUT2D eigenvalue weighted by Gasteiger charge is -2.27. The Hall–Kier alpha value is -2.78. The fraction of sp³-hybridized carbons (Fsp3) is 0.333. The predicted molar refractivity (Wildman–Crippen MR) is 126 cm³/mol. The van der Waals surface area contributed by atoms with Gasteiger partial charge < -0.3 is 15.2 Å². The molecule has 0 fully saturated rings. The molecule has 2 N–H and O–H groups in total. The van der Waals surface area contributed by atoms with Crippen molar-refractivity contribution in [1.29, 1.82) is 0 Å². The number of allylic oxidation sites excluding steroid dienone is 3. The Morgan fingerprint density at radius 3 is 2.53 bits per heavy atom. The summed E-state index contributed by atoms with van der Waals surface area (Å²) in [4.78, 5) is 0. The highest BCUT2D eigenvalue weighted by Crippen LogP contribution is 2.33. The summed E-state index contributed by atoms with van der Waals surface area (Å²) in [5.74, 6) is 0.531. The minimum absolute atomic E-state index is 0.115. The van der Waals surface area contributed by atoms with Crippen molar-refractivity contribution >= 4 is 5.57 Å². The number of ether oxygens (including phenoxy) is 1. The van der Waals surface area contributed by atoms with Gasteiger partial charge in [0.05, 0.1) is 24.5 Å². The molecule has 1 heterocycles. The summed E-state index contributed by atoms with van der Waals surface area (Å²) in [5, 5.41) is 13.1. The minimum atomic E-state index is -0.115. The lowest BCUT2D eigenvalue weighted by atomic mass is 9.86. The molecule has 0 saturated carbocycles. The summed E-state index contributed by atoms with van der Waals surface area (Å²) < 4.78 is 5.98. The van der Waals surface area contributed by atoms with Gasteiger partial charge in [-0.2, -0.15) is 0 Å². The number of hydrogen-bond donors (Lipinski definition) is 2. The van der Waals surface area contributed by atoms with Crippen LogP contribution in [0.2, 0.25) is 0 Å². The van der Waals surface area contributed by atoms with E-state index < -0.39 is 0 Å². The molecule has 0 aliphatic carbocycles. The first-order valence-electron chi connectivity index (χ1n) is 10.6. The number of nitrogens with one attached hydrogen (secondary N) is 1. The zero-order chi connectivity index (χ0) is 21.7. The molecule has 1 aliphatic rings. The van der Waals surface area contributed by atoms with E-state index in [-0.39, 0.29) is 18.1 Å². The highest BCUT2D eigenvalue weighted by molar-refractivity contribution is 5.75. The molecule has 0 aromatic heterocycles. The Labute approximate surface area is 180 Å².